The quantitative estimate of drug-likeness (QED) is 0.903. The van der Waals surface area contributed by atoms with Crippen molar-refractivity contribution in [3.8, 4) is 11.5 Å². The maximum absolute atomic E-state index is 11.2. The van der Waals surface area contributed by atoms with Crippen molar-refractivity contribution >= 4 is 0 Å². The van der Waals surface area contributed by atoms with Crippen LogP contribution in [0.1, 0.15) is 44.0 Å². The maximum Gasteiger partial charge on any atom is 0.165 e. The standard InChI is InChI=1S/C19H26N4O3/c1-14(2)23-12-17(20-21-23)19(24)7-4-8-22(13-19)11-15-5-3-6-16-18(15)26-10-9-25-16/h3,5-6,12,14,24H,4,7-11,13H2,1-2H3/t19-/m0/s1. The number of benzene rings is 1. The summed E-state index contributed by atoms with van der Waals surface area (Å²) in [7, 11) is 0. The monoisotopic (exact) mass is 358 g/mol. The van der Waals surface area contributed by atoms with E-state index >= 15 is 0 Å². The van der Waals surface area contributed by atoms with E-state index in [9.17, 15) is 5.11 Å². The Balaban J connectivity index is 1.52. The molecule has 0 saturated carbocycles. The fourth-order valence-corrected chi connectivity index (χ4v) is 3.71. The molecule has 2 aliphatic heterocycles. The van der Waals surface area contributed by atoms with Crippen molar-refractivity contribution in [2.75, 3.05) is 26.3 Å². The first-order valence-electron chi connectivity index (χ1n) is 9.30. The predicted octanol–water partition coefficient (Wildman–Crippen LogP) is 2.11. The Bertz CT molecular complexity index is 776. The summed E-state index contributed by atoms with van der Waals surface area (Å²) in [5.74, 6) is 1.64. The smallest absolute Gasteiger partial charge is 0.165 e. The van der Waals surface area contributed by atoms with Crippen molar-refractivity contribution in [1.29, 1.82) is 0 Å². The summed E-state index contributed by atoms with van der Waals surface area (Å²) in [5.41, 5.74) is 0.792. The highest BCUT2D eigenvalue weighted by Gasteiger charge is 2.38. The van der Waals surface area contributed by atoms with Gasteiger partial charge < -0.3 is 14.6 Å². The molecule has 0 bridgehead atoms. The first-order valence-corrected chi connectivity index (χ1v) is 9.30. The van der Waals surface area contributed by atoms with E-state index < -0.39 is 5.60 Å². The van der Waals surface area contributed by atoms with Gasteiger partial charge in [-0.15, -0.1) is 5.10 Å². The van der Waals surface area contributed by atoms with Gasteiger partial charge in [0.25, 0.3) is 0 Å². The zero-order chi connectivity index (χ0) is 18.1. The number of hydrogen-bond donors (Lipinski definition) is 1. The third-order valence-corrected chi connectivity index (χ3v) is 5.11. The highest BCUT2D eigenvalue weighted by molar-refractivity contribution is 5.47. The van der Waals surface area contributed by atoms with Crippen LogP contribution in [0, 0.1) is 0 Å². The number of ether oxygens (including phenoxy) is 2. The summed E-state index contributed by atoms with van der Waals surface area (Å²) in [5, 5.41) is 19.6. The van der Waals surface area contributed by atoms with Gasteiger partial charge in [0.1, 0.15) is 24.5 Å². The third-order valence-electron chi connectivity index (χ3n) is 5.11. The summed E-state index contributed by atoms with van der Waals surface area (Å²) >= 11 is 0. The normalized spacial score (nSPS) is 23.4. The Kier molecular flexibility index (Phi) is 4.58. The molecule has 0 spiro atoms. The fraction of sp³-hybridized carbons (Fsp3) is 0.579. The summed E-state index contributed by atoms with van der Waals surface area (Å²) in [6, 6.07) is 6.23. The minimum Gasteiger partial charge on any atom is -0.486 e. The second-order valence-corrected chi connectivity index (χ2v) is 7.46. The largest absolute Gasteiger partial charge is 0.486 e. The minimum absolute atomic E-state index is 0.229. The number of piperidine rings is 1. The molecule has 1 aromatic heterocycles. The molecular formula is C19H26N4O3. The van der Waals surface area contributed by atoms with Crippen molar-refractivity contribution in [3.05, 3.63) is 35.7 Å². The number of aromatic nitrogens is 3. The van der Waals surface area contributed by atoms with E-state index in [0.29, 0.717) is 38.4 Å². The Morgan fingerprint density at radius 2 is 2.12 bits per heavy atom. The third kappa shape index (κ3) is 3.29. The zero-order valence-electron chi connectivity index (χ0n) is 15.4. The van der Waals surface area contributed by atoms with E-state index in [1.165, 1.54) is 0 Å². The number of nitrogens with zero attached hydrogens (tertiary/aromatic N) is 4. The Morgan fingerprint density at radius 3 is 2.92 bits per heavy atom. The average molecular weight is 358 g/mol. The van der Waals surface area contributed by atoms with Gasteiger partial charge in [-0.2, -0.15) is 0 Å². The average Bonchev–Trinajstić information content (AvgIpc) is 3.14. The lowest BCUT2D eigenvalue weighted by atomic mass is 9.89. The summed E-state index contributed by atoms with van der Waals surface area (Å²) in [6.07, 6.45) is 3.49. The molecule has 1 aromatic carbocycles. The number of rotatable bonds is 4. The van der Waals surface area contributed by atoms with Gasteiger partial charge in [0.15, 0.2) is 11.5 Å². The van der Waals surface area contributed by atoms with Crippen molar-refractivity contribution < 1.29 is 14.6 Å². The second-order valence-electron chi connectivity index (χ2n) is 7.46. The number of hydrogen-bond acceptors (Lipinski definition) is 6. The molecule has 2 aromatic rings. The van der Waals surface area contributed by atoms with Crippen LogP contribution in [-0.4, -0.2) is 51.3 Å². The molecule has 0 radical (unpaired) electrons. The van der Waals surface area contributed by atoms with Gasteiger partial charge in [-0.25, -0.2) is 4.68 Å². The Morgan fingerprint density at radius 1 is 1.27 bits per heavy atom. The lowest BCUT2D eigenvalue weighted by Crippen LogP contribution is -2.46. The fourth-order valence-electron chi connectivity index (χ4n) is 3.71. The van der Waals surface area contributed by atoms with Crippen molar-refractivity contribution in [1.82, 2.24) is 19.9 Å². The summed E-state index contributed by atoms with van der Waals surface area (Å²) in [6.45, 7) is 7.46. The number of likely N-dealkylation sites (tertiary alicyclic amines) is 1. The van der Waals surface area contributed by atoms with Crippen LogP contribution < -0.4 is 9.47 Å². The highest BCUT2D eigenvalue weighted by atomic mass is 16.6. The van der Waals surface area contributed by atoms with E-state index in [1.807, 2.05) is 18.3 Å². The van der Waals surface area contributed by atoms with Gasteiger partial charge in [0, 0.05) is 24.7 Å². The van der Waals surface area contributed by atoms with Gasteiger partial charge in [0.05, 0.1) is 6.20 Å². The molecule has 3 heterocycles. The van der Waals surface area contributed by atoms with Gasteiger partial charge in [-0.3, -0.25) is 4.90 Å². The number of aliphatic hydroxyl groups is 1. The first-order chi connectivity index (χ1) is 12.5. The second kappa shape index (κ2) is 6.89. The highest BCUT2D eigenvalue weighted by Crippen LogP contribution is 2.36. The molecule has 2 aliphatic rings. The predicted molar refractivity (Wildman–Crippen MR) is 96.2 cm³/mol. The van der Waals surface area contributed by atoms with Crippen LogP contribution in [0.2, 0.25) is 0 Å². The van der Waals surface area contributed by atoms with Gasteiger partial charge >= 0.3 is 0 Å². The molecular weight excluding hydrogens is 332 g/mol. The lowest BCUT2D eigenvalue weighted by Gasteiger charge is -2.38. The molecule has 140 valence electrons. The molecule has 7 heteroatoms. The minimum atomic E-state index is -0.961. The molecule has 1 N–H and O–H groups in total. The van der Waals surface area contributed by atoms with E-state index in [1.54, 1.807) is 4.68 Å². The van der Waals surface area contributed by atoms with E-state index in [0.717, 1.165) is 30.0 Å². The van der Waals surface area contributed by atoms with E-state index in [-0.39, 0.29) is 6.04 Å². The van der Waals surface area contributed by atoms with Crippen molar-refractivity contribution in [3.63, 3.8) is 0 Å². The van der Waals surface area contributed by atoms with Crippen LogP contribution in [0.5, 0.6) is 11.5 Å². The van der Waals surface area contributed by atoms with E-state index in [4.69, 9.17) is 9.47 Å². The maximum atomic E-state index is 11.2. The van der Waals surface area contributed by atoms with Crippen LogP contribution in [-0.2, 0) is 12.1 Å². The molecule has 0 aliphatic carbocycles. The Hall–Kier alpha value is -2.12. The van der Waals surface area contributed by atoms with Gasteiger partial charge in [0.2, 0.25) is 0 Å². The number of β-amino-alcohol motifs (C(OH)–C–C–N with tert-alkyl or cyclic N) is 1. The topological polar surface area (TPSA) is 72.6 Å². The van der Waals surface area contributed by atoms with Gasteiger partial charge in [-0.05, 0) is 39.3 Å². The van der Waals surface area contributed by atoms with Gasteiger partial charge in [-0.1, -0.05) is 17.3 Å². The van der Waals surface area contributed by atoms with Crippen LogP contribution >= 0.6 is 0 Å². The van der Waals surface area contributed by atoms with Crippen LogP contribution in [0.25, 0.3) is 0 Å². The molecule has 0 amide bonds. The zero-order valence-corrected chi connectivity index (χ0v) is 15.4. The first kappa shape index (κ1) is 17.3. The van der Waals surface area contributed by atoms with Crippen LogP contribution in [0.15, 0.2) is 24.4 Å². The van der Waals surface area contributed by atoms with Crippen molar-refractivity contribution in [2.45, 2.75) is 44.9 Å². The molecule has 1 saturated heterocycles. The molecule has 7 nitrogen and oxygen atoms in total. The lowest BCUT2D eigenvalue weighted by molar-refractivity contribution is -0.0417. The Labute approximate surface area is 153 Å². The molecule has 4 rings (SSSR count). The number of para-hydroxylation sites is 1. The summed E-state index contributed by atoms with van der Waals surface area (Å²) < 4.78 is 13.3. The summed E-state index contributed by atoms with van der Waals surface area (Å²) in [4.78, 5) is 2.26. The SMILES string of the molecule is CC(C)n1cc([C@]2(O)CCCN(Cc3cccc4c3OCCO4)C2)nn1. The van der Waals surface area contributed by atoms with Crippen molar-refractivity contribution in [2.24, 2.45) is 0 Å². The molecule has 1 atom stereocenters. The van der Waals surface area contributed by atoms with Crippen LogP contribution in [0.3, 0.4) is 0 Å². The van der Waals surface area contributed by atoms with E-state index in [2.05, 4.69) is 35.1 Å². The molecule has 0 unspecified atom stereocenters. The molecule has 1 fully saturated rings. The van der Waals surface area contributed by atoms with Crippen LogP contribution in [0.4, 0.5) is 0 Å². The molecule has 26 heavy (non-hydrogen) atoms. The number of fused-ring (bicyclic) bond motifs is 1.